The molecule has 0 unspecified atom stereocenters. The Morgan fingerprint density at radius 3 is 3.20 bits per heavy atom. The van der Waals surface area contributed by atoms with Crippen molar-refractivity contribution in [2.24, 2.45) is 5.11 Å². The molecule has 1 rings (SSSR count). The molecule has 0 spiro atoms. The van der Waals surface area contributed by atoms with Crippen LogP contribution in [-0.2, 0) is 0 Å². The molecule has 0 N–H and O–H groups in total. The zero-order valence-electron chi connectivity index (χ0n) is 4.76. The topological polar surface area (TPSA) is 78.7 Å². The van der Waals surface area contributed by atoms with E-state index >= 15 is 0 Å². The van der Waals surface area contributed by atoms with E-state index in [1.54, 1.807) is 0 Å². The van der Waals surface area contributed by atoms with Crippen molar-refractivity contribution in [3.63, 3.8) is 0 Å². The molecule has 1 heterocycles. The fourth-order valence-electron chi connectivity index (χ4n) is 0.409. The highest BCUT2D eigenvalue weighted by atomic mass is 32.1. The number of aromatic nitrogens is 1. The van der Waals surface area contributed by atoms with Crippen molar-refractivity contribution in [2.75, 3.05) is 0 Å². The minimum Gasteiger partial charge on any atom is -0.287 e. The predicted octanol–water partition coefficient (Wildman–Crippen LogP) is 1.59. The Kier molecular flexibility index (Phi) is 1.99. The highest BCUT2D eigenvalue weighted by Crippen LogP contribution is 2.02. The number of carbonyl (C=O) groups excluding carboxylic acids is 1. The van der Waals surface area contributed by atoms with Gasteiger partial charge in [-0.1, -0.05) is 0 Å². The second-order valence-corrected chi connectivity index (χ2v) is 2.07. The maximum absolute atomic E-state index is 10.7. The molecular weight excluding hydrogens is 152 g/mol. The third-order valence-electron chi connectivity index (χ3n) is 0.815. The van der Waals surface area contributed by atoms with Crippen LogP contribution >= 0.6 is 11.5 Å². The number of hydrogen-bond acceptors (Lipinski definition) is 3. The van der Waals surface area contributed by atoms with E-state index in [1.807, 2.05) is 0 Å². The predicted molar refractivity (Wildman–Crippen MR) is 35.6 cm³/mol. The molecule has 1 amide bonds. The van der Waals surface area contributed by atoms with Crippen LogP contribution in [0.4, 0.5) is 0 Å². The molecule has 10 heavy (non-hydrogen) atoms. The van der Waals surface area contributed by atoms with E-state index < -0.39 is 5.91 Å². The van der Waals surface area contributed by atoms with Gasteiger partial charge in [0.2, 0.25) is 0 Å². The van der Waals surface area contributed by atoms with E-state index in [0.29, 0.717) is 5.56 Å². The largest absolute Gasteiger partial charge is 0.287 e. The summed E-state index contributed by atoms with van der Waals surface area (Å²) >= 11 is 1.14. The van der Waals surface area contributed by atoms with Gasteiger partial charge in [-0.25, -0.2) is 4.37 Å². The lowest BCUT2D eigenvalue weighted by Gasteiger charge is -1.79. The molecule has 0 atom stereocenters. The van der Waals surface area contributed by atoms with Gasteiger partial charge in [0.25, 0.3) is 5.91 Å². The van der Waals surface area contributed by atoms with Crippen LogP contribution in [0.5, 0.6) is 0 Å². The summed E-state index contributed by atoms with van der Waals surface area (Å²) in [5, 5.41) is 4.40. The summed E-state index contributed by atoms with van der Waals surface area (Å²) in [4.78, 5) is 13.0. The monoisotopic (exact) mass is 154 g/mol. The van der Waals surface area contributed by atoms with E-state index in [4.69, 9.17) is 5.53 Å². The summed E-state index contributed by atoms with van der Waals surface area (Å²) in [5.74, 6) is -0.587. The maximum atomic E-state index is 10.7. The second-order valence-electron chi connectivity index (χ2n) is 1.41. The van der Waals surface area contributed by atoms with Crippen LogP contribution in [-0.4, -0.2) is 10.3 Å². The highest BCUT2D eigenvalue weighted by Gasteiger charge is 2.01. The summed E-state index contributed by atoms with van der Waals surface area (Å²) in [6.45, 7) is 0. The molecule has 50 valence electrons. The molecule has 0 bridgehead atoms. The van der Waals surface area contributed by atoms with Crippen molar-refractivity contribution in [1.82, 2.24) is 4.37 Å². The first-order valence-electron chi connectivity index (χ1n) is 2.33. The number of hydrogen-bond donors (Lipinski definition) is 0. The number of amides is 1. The molecule has 0 aromatic carbocycles. The Morgan fingerprint density at radius 1 is 1.90 bits per heavy atom. The van der Waals surface area contributed by atoms with Gasteiger partial charge < -0.3 is 0 Å². The molecule has 0 aliphatic rings. The third kappa shape index (κ3) is 1.31. The first-order valence-corrected chi connectivity index (χ1v) is 3.17. The zero-order valence-corrected chi connectivity index (χ0v) is 5.58. The smallest absolute Gasteiger partial charge is 0.251 e. The van der Waals surface area contributed by atoms with Crippen LogP contribution < -0.4 is 0 Å². The van der Waals surface area contributed by atoms with Gasteiger partial charge in [-0.05, 0) is 22.2 Å². The maximum Gasteiger partial charge on any atom is 0.251 e. The molecule has 1 aromatic heterocycles. The van der Waals surface area contributed by atoms with Crippen LogP contribution in [0.3, 0.4) is 0 Å². The molecule has 0 radical (unpaired) electrons. The van der Waals surface area contributed by atoms with Gasteiger partial charge in [0.15, 0.2) is 0 Å². The molecule has 1 aromatic rings. The Labute approximate surface area is 60.1 Å². The quantitative estimate of drug-likeness (QED) is 0.349. The standard InChI is InChI=1S/C4H2N4OS/c5-8-7-4(9)3-1-6-10-2-3/h1-2H. The van der Waals surface area contributed by atoms with Crippen molar-refractivity contribution in [3.05, 3.63) is 27.6 Å². The number of nitrogens with zero attached hydrogens (tertiary/aromatic N) is 4. The molecular formula is C4H2N4OS. The van der Waals surface area contributed by atoms with Gasteiger partial charge in [-0.15, -0.1) is 0 Å². The lowest BCUT2D eigenvalue weighted by molar-refractivity contribution is 0.100. The van der Waals surface area contributed by atoms with E-state index in [-0.39, 0.29) is 0 Å². The summed E-state index contributed by atoms with van der Waals surface area (Å²) in [5.41, 5.74) is 8.19. The van der Waals surface area contributed by atoms with Crippen molar-refractivity contribution >= 4 is 17.4 Å². The van der Waals surface area contributed by atoms with Crippen molar-refractivity contribution in [2.45, 2.75) is 0 Å². The minimum atomic E-state index is -0.587. The van der Waals surface area contributed by atoms with Crippen LogP contribution in [0, 0.1) is 0 Å². The first-order chi connectivity index (χ1) is 4.84. The number of carbonyl (C=O) groups is 1. The van der Waals surface area contributed by atoms with Crippen LogP contribution in [0.2, 0.25) is 0 Å². The van der Waals surface area contributed by atoms with Gasteiger partial charge >= 0.3 is 0 Å². The van der Waals surface area contributed by atoms with Crippen molar-refractivity contribution in [3.8, 4) is 0 Å². The minimum absolute atomic E-state index is 0.336. The van der Waals surface area contributed by atoms with E-state index in [0.717, 1.165) is 11.5 Å². The van der Waals surface area contributed by atoms with Crippen LogP contribution in [0.1, 0.15) is 10.4 Å². The molecule has 0 fully saturated rings. The van der Waals surface area contributed by atoms with Gasteiger partial charge in [-0.3, -0.25) is 4.79 Å². The SMILES string of the molecule is [N-]=[N+]=NC(=O)c1cnsc1. The normalized spacial score (nSPS) is 8.40. The van der Waals surface area contributed by atoms with Gasteiger partial charge in [0.05, 0.1) is 11.8 Å². The Morgan fingerprint density at radius 2 is 2.70 bits per heavy atom. The Balaban J connectivity index is 2.87. The molecule has 0 aliphatic carbocycles. The highest BCUT2D eigenvalue weighted by molar-refractivity contribution is 7.03. The third-order valence-corrected chi connectivity index (χ3v) is 1.40. The van der Waals surface area contributed by atoms with Crippen molar-refractivity contribution < 1.29 is 4.79 Å². The van der Waals surface area contributed by atoms with E-state index in [2.05, 4.69) is 14.4 Å². The van der Waals surface area contributed by atoms with E-state index in [9.17, 15) is 4.79 Å². The molecule has 5 nitrogen and oxygen atoms in total. The average molecular weight is 154 g/mol. The Hall–Kier alpha value is -1.39. The summed E-state index contributed by atoms with van der Waals surface area (Å²) in [7, 11) is 0. The molecule has 6 heteroatoms. The number of azide groups is 1. The summed E-state index contributed by atoms with van der Waals surface area (Å²) in [6, 6.07) is 0. The molecule has 0 saturated heterocycles. The number of rotatable bonds is 1. The fourth-order valence-corrected chi connectivity index (χ4v) is 0.919. The second kappa shape index (κ2) is 2.95. The fraction of sp³-hybridized carbons (Fsp3) is 0. The average Bonchev–Trinajstić information content (AvgIpc) is 2.38. The van der Waals surface area contributed by atoms with Crippen LogP contribution in [0.25, 0.3) is 10.4 Å². The van der Waals surface area contributed by atoms with E-state index in [1.165, 1.54) is 11.6 Å². The van der Waals surface area contributed by atoms with Crippen molar-refractivity contribution in [1.29, 1.82) is 0 Å². The van der Waals surface area contributed by atoms with Crippen LogP contribution in [0.15, 0.2) is 16.7 Å². The lowest BCUT2D eigenvalue weighted by Crippen LogP contribution is -1.88. The molecule has 0 saturated carbocycles. The lowest BCUT2D eigenvalue weighted by atomic mass is 10.4. The molecule has 0 aliphatic heterocycles. The Bertz CT molecular complexity index is 273. The summed E-state index contributed by atoms with van der Waals surface area (Å²) < 4.78 is 3.66. The zero-order chi connectivity index (χ0) is 7.40. The van der Waals surface area contributed by atoms with Gasteiger partial charge in [0, 0.05) is 10.3 Å². The first kappa shape index (κ1) is 6.73. The van der Waals surface area contributed by atoms with Gasteiger partial charge in [-0.2, -0.15) is 0 Å². The van der Waals surface area contributed by atoms with Gasteiger partial charge in [0.1, 0.15) is 0 Å². The summed E-state index contributed by atoms with van der Waals surface area (Å²) in [6.07, 6.45) is 1.36.